The Morgan fingerprint density at radius 2 is 2.20 bits per heavy atom. The highest BCUT2D eigenvalue weighted by atomic mass is 19.1. The molecule has 3 rings (SSSR count). The number of rotatable bonds is 5. The average molecular weight is 346 g/mol. The zero-order valence-electron chi connectivity index (χ0n) is 14.8. The predicted octanol–water partition coefficient (Wildman–Crippen LogP) is 2.06. The van der Waals surface area contributed by atoms with Crippen LogP contribution in [-0.4, -0.2) is 48.9 Å². The van der Waals surface area contributed by atoms with Crippen molar-refractivity contribution in [1.82, 2.24) is 29.9 Å². The number of carbonyl (C=O) groups excluding carboxylic acids is 1. The molecule has 0 radical (unpaired) electrons. The van der Waals surface area contributed by atoms with Gasteiger partial charge in [-0.05, 0) is 18.8 Å². The second kappa shape index (κ2) is 6.85. The molecule has 1 amide bonds. The molecule has 134 valence electrons. The standard InChI is InChI=1S/C17H23FN6O/c1-4-17(2,3)14-11-24(22-21-14)10-12-5-6-23(9-12)16(25)13-7-19-8-15(18)20-13/h7-8,11-12H,4-6,9-10H2,1-3H3. The third kappa shape index (κ3) is 3.83. The summed E-state index contributed by atoms with van der Waals surface area (Å²) in [5.74, 6) is -0.721. The van der Waals surface area contributed by atoms with Crippen molar-refractivity contribution in [3.8, 4) is 0 Å². The van der Waals surface area contributed by atoms with Crippen LogP contribution in [0.2, 0.25) is 0 Å². The maximum atomic E-state index is 13.1. The van der Waals surface area contributed by atoms with E-state index in [1.807, 2.05) is 10.9 Å². The lowest BCUT2D eigenvalue weighted by Gasteiger charge is -2.18. The van der Waals surface area contributed by atoms with Crippen LogP contribution in [0.15, 0.2) is 18.6 Å². The maximum Gasteiger partial charge on any atom is 0.274 e. The first-order valence-electron chi connectivity index (χ1n) is 8.56. The number of likely N-dealkylation sites (tertiary alicyclic amines) is 1. The van der Waals surface area contributed by atoms with E-state index in [-0.39, 0.29) is 17.0 Å². The summed E-state index contributed by atoms with van der Waals surface area (Å²) in [4.78, 5) is 21.4. The Morgan fingerprint density at radius 3 is 2.92 bits per heavy atom. The number of aromatic nitrogens is 5. The molecule has 0 aromatic carbocycles. The number of amides is 1. The lowest BCUT2D eigenvalue weighted by Crippen LogP contribution is -2.30. The van der Waals surface area contributed by atoms with Gasteiger partial charge in [0.05, 0.1) is 18.1 Å². The molecule has 3 heterocycles. The first-order valence-corrected chi connectivity index (χ1v) is 8.56. The van der Waals surface area contributed by atoms with Crippen molar-refractivity contribution in [2.24, 2.45) is 5.92 Å². The number of hydrogen-bond acceptors (Lipinski definition) is 5. The van der Waals surface area contributed by atoms with Crippen molar-refractivity contribution in [1.29, 1.82) is 0 Å². The average Bonchev–Trinajstić information content (AvgIpc) is 3.24. The van der Waals surface area contributed by atoms with Crippen LogP contribution >= 0.6 is 0 Å². The van der Waals surface area contributed by atoms with Crippen LogP contribution < -0.4 is 0 Å². The molecule has 1 saturated heterocycles. The Hall–Kier alpha value is -2.38. The Balaban J connectivity index is 1.61. The van der Waals surface area contributed by atoms with Crippen molar-refractivity contribution < 1.29 is 9.18 Å². The molecule has 25 heavy (non-hydrogen) atoms. The highest BCUT2D eigenvalue weighted by Gasteiger charge is 2.29. The highest BCUT2D eigenvalue weighted by Crippen LogP contribution is 2.25. The van der Waals surface area contributed by atoms with E-state index in [4.69, 9.17) is 0 Å². The Kier molecular flexibility index (Phi) is 4.78. The predicted molar refractivity (Wildman–Crippen MR) is 89.3 cm³/mol. The summed E-state index contributed by atoms with van der Waals surface area (Å²) < 4.78 is 15.0. The molecule has 1 atom stereocenters. The van der Waals surface area contributed by atoms with E-state index in [1.165, 1.54) is 6.20 Å². The summed E-state index contributed by atoms with van der Waals surface area (Å²) in [6.07, 6.45) is 6.15. The summed E-state index contributed by atoms with van der Waals surface area (Å²) in [6, 6.07) is 0. The van der Waals surface area contributed by atoms with Crippen LogP contribution in [0.3, 0.4) is 0 Å². The summed E-state index contributed by atoms with van der Waals surface area (Å²) >= 11 is 0. The lowest BCUT2D eigenvalue weighted by molar-refractivity contribution is 0.0778. The quantitative estimate of drug-likeness (QED) is 0.828. The Labute approximate surface area is 146 Å². The molecule has 0 saturated carbocycles. The molecule has 2 aromatic heterocycles. The molecule has 2 aromatic rings. The van der Waals surface area contributed by atoms with Gasteiger partial charge >= 0.3 is 0 Å². The van der Waals surface area contributed by atoms with Gasteiger partial charge in [0.25, 0.3) is 5.91 Å². The number of halogens is 1. The maximum absolute atomic E-state index is 13.1. The summed E-state index contributed by atoms with van der Waals surface area (Å²) in [5.41, 5.74) is 1.04. The first kappa shape index (κ1) is 17.4. The van der Waals surface area contributed by atoms with Crippen molar-refractivity contribution in [2.75, 3.05) is 13.1 Å². The van der Waals surface area contributed by atoms with E-state index in [2.05, 4.69) is 41.1 Å². The first-order chi connectivity index (χ1) is 11.9. The van der Waals surface area contributed by atoms with E-state index in [9.17, 15) is 9.18 Å². The van der Waals surface area contributed by atoms with Gasteiger partial charge in [-0.3, -0.25) is 14.5 Å². The summed E-state index contributed by atoms with van der Waals surface area (Å²) in [5, 5.41) is 8.51. The van der Waals surface area contributed by atoms with Gasteiger partial charge in [-0.1, -0.05) is 26.0 Å². The molecule has 1 unspecified atom stereocenters. The van der Waals surface area contributed by atoms with Crippen LogP contribution in [0.4, 0.5) is 4.39 Å². The van der Waals surface area contributed by atoms with Gasteiger partial charge in [-0.15, -0.1) is 5.10 Å². The topological polar surface area (TPSA) is 76.8 Å². The minimum atomic E-state index is -0.740. The highest BCUT2D eigenvalue weighted by molar-refractivity contribution is 5.92. The van der Waals surface area contributed by atoms with Gasteiger partial charge in [-0.25, -0.2) is 4.98 Å². The molecule has 1 fully saturated rings. The second-order valence-electron chi connectivity index (χ2n) is 7.20. The lowest BCUT2D eigenvalue weighted by atomic mass is 9.87. The Morgan fingerprint density at radius 1 is 1.40 bits per heavy atom. The van der Waals surface area contributed by atoms with E-state index in [0.29, 0.717) is 25.6 Å². The van der Waals surface area contributed by atoms with Gasteiger partial charge in [0.1, 0.15) is 5.69 Å². The molecule has 8 heteroatoms. The zero-order chi connectivity index (χ0) is 18.0. The van der Waals surface area contributed by atoms with E-state index in [0.717, 1.165) is 24.7 Å². The van der Waals surface area contributed by atoms with Crippen molar-refractivity contribution in [2.45, 2.75) is 45.6 Å². The van der Waals surface area contributed by atoms with Crippen LogP contribution in [0.5, 0.6) is 0 Å². The molecule has 0 N–H and O–H groups in total. The third-order valence-electron chi connectivity index (χ3n) is 4.96. The minimum absolute atomic E-state index is 0.00593. The van der Waals surface area contributed by atoms with Gasteiger partial charge in [0.15, 0.2) is 0 Å². The number of carbonyl (C=O) groups is 1. The molecule has 0 spiro atoms. The van der Waals surface area contributed by atoms with Crippen LogP contribution in [0, 0.1) is 11.9 Å². The zero-order valence-corrected chi connectivity index (χ0v) is 14.8. The van der Waals surface area contributed by atoms with Crippen LogP contribution in [0.25, 0.3) is 0 Å². The molecule has 7 nitrogen and oxygen atoms in total. The normalized spacial score (nSPS) is 17.9. The monoisotopic (exact) mass is 346 g/mol. The van der Waals surface area contributed by atoms with Gasteiger partial charge in [-0.2, -0.15) is 4.39 Å². The van der Waals surface area contributed by atoms with Gasteiger partial charge < -0.3 is 4.90 Å². The fraction of sp³-hybridized carbons (Fsp3) is 0.588. The molecular formula is C17H23FN6O. The smallest absolute Gasteiger partial charge is 0.274 e. The summed E-state index contributed by atoms with van der Waals surface area (Å²) in [6.45, 7) is 8.38. The van der Waals surface area contributed by atoms with Gasteiger partial charge in [0, 0.05) is 31.2 Å². The minimum Gasteiger partial charge on any atom is -0.337 e. The van der Waals surface area contributed by atoms with Crippen LogP contribution in [-0.2, 0) is 12.0 Å². The van der Waals surface area contributed by atoms with Crippen molar-refractivity contribution in [3.63, 3.8) is 0 Å². The third-order valence-corrected chi connectivity index (χ3v) is 4.96. The van der Waals surface area contributed by atoms with Crippen molar-refractivity contribution in [3.05, 3.63) is 35.9 Å². The fourth-order valence-corrected chi connectivity index (χ4v) is 2.92. The van der Waals surface area contributed by atoms with E-state index < -0.39 is 5.95 Å². The molecule has 0 bridgehead atoms. The summed E-state index contributed by atoms with van der Waals surface area (Å²) in [7, 11) is 0. The fourth-order valence-electron chi connectivity index (χ4n) is 2.92. The number of nitrogens with zero attached hydrogens (tertiary/aromatic N) is 6. The van der Waals surface area contributed by atoms with Crippen LogP contribution in [0.1, 0.15) is 49.8 Å². The largest absolute Gasteiger partial charge is 0.337 e. The Bertz CT molecular complexity index is 759. The van der Waals surface area contributed by atoms with E-state index >= 15 is 0 Å². The van der Waals surface area contributed by atoms with Crippen molar-refractivity contribution >= 4 is 5.91 Å². The molecule has 1 aliphatic heterocycles. The molecular weight excluding hydrogens is 323 g/mol. The SMILES string of the molecule is CCC(C)(C)c1cn(CC2CCN(C(=O)c3cncc(F)n3)C2)nn1. The second-order valence-corrected chi connectivity index (χ2v) is 7.20. The van der Waals surface area contributed by atoms with E-state index in [1.54, 1.807) is 4.90 Å². The number of hydrogen-bond donors (Lipinski definition) is 0. The van der Waals surface area contributed by atoms with Gasteiger partial charge in [0.2, 0.25) is 5.95 Å². The molecule has 1 aliphatic rings. The molecule has 0 aliphatic carbocycles.